The van der Waals surface area contributed by atoms with Crippen LogP contribution in [-0.4, -0.2) is 32.1 Å². The highest BCUT2D eigenvalue weighted by Crippen LogP contribution is 2.39. The molecule has 0 unspecified atom stereocenters. The van der Waals surface area contributed by atoms with E-state index in [9.17, 15) is 18.4 Å². The van der Waals surface area contributed by atoms with Gasteiger partial charge in [0.05, 0.1) is 24.9 Å². The molecule has 9 heteroatoms. The number of hydrogen-bond acceptors (Lipinski definition) is 6. The van der Waals surface area contributed by atoms with E-state index < -0.39 is 18.5 Å². The second kappa shape index (κ2) is 8.34. The van der Waals surface area contributed by atoms with Crippen LogP contribution in [0.4, 0.5) is 19.5 Å². The maximum atomic E-state index is 12.4. The molecule has 1 aromatic carbocycles. The summed E-state index contributed by atoms with van der Waals surface area (Å²) in [6, 6.07) is 6.10. The standard InChI is InChI=1S/C18H18F2N2O4S/c1-25-17(24)15-10-5-4-8-13(10)27-16(15)22-14(23)9-21-11-6-2-3-7-12(11)26-18(19)20/h2-3,6-7,18,21H,4-5,8-9H2,1H3,(H,22,23). The third-order valence-electron chi connectivity index (χ3n) is 4.11. The summed E-state index contributed by atoms with van der Waals surface area (Å²) in [5.74, 6) is -0.939. The fourth-order valence-corrected chi connectivity index (χ4v) is 4.26. The van der Waals surface area contributed by atoms with Crippen molar-refractivity contribution < 1.29 is 27.8 Å². The van der Waals surface area contributed by atoms with Crippen LogP contribution < -0.4 is 15.4 Å². The zero-order valence-corrected chi connectivity index (χ0v) is 15.3. The summed E-state index contributed by atoms with van der Waals surface area (Å²) in [6.45, 7) is -3.13. The molecule has 2 aromatic rings. The van der Waals surface area contributed by atoms with Gasteiger partial charge in [0, 0.05) is 4.88 Å². The van der Waals surface area contributed by atoms with Gasteiger partial charge in [-0.1, -0.05) is 12.1 Å². The SMILES string of the molecule is COC(=O)c1c(NC(=O)CNc2ccccc2OC(F)F)sc2c1CCC2. The molecule has 27 heavy (non-hydrogen) atoms. The normalized spacial score (nSPS) is 12.6. The van der Waals surface area contributed by atoms with Gasteiger partial charge in [0.25, 0.3) is 0 Å². The number of methoxy groups -OCH3 is 1. The van der Waals surface area contributed by atoms with Crippen LogP contribution in [0.5, 0.6) is 5.75 Å². The first-order valence-electron chi connectivity index (χ1n) is 8.30. The molecule has 0 fully saturated rings. The Balaban J connectivity index is 1.68. The van der Waals surface area contributed by atoms with E-state index in [4.69, 9.17) is 4.74 Å². The van der Waals surface area contributed by atoms with E-state index in [0.29, 0.717) is 10.6 Å². The molecule has 0 radical (unpaired) electrons. The number of benzene rings is 1. The average molecular weight is 396 g/mol. The van der Waals surface area contributed by atoms with Crippen molar-refractivity contribution in [3.63, 3.8) is 0 Å². The Morgan fingerprint density at radius 1 is 1.26 bits per heavy atom. The lowest BCUT2D eigenvalue weighted by Gasteiger charge is -2.12. The molecular formula is C18H18F2N2O4S. The lowest BCUT2D eigenvalue weighted by Crippen LogP contribution is -2.23. The first-order chi connectivity index (χ1) is 13.0. The van der Waals surface area contributed by atoms with Crippen LogP contribution in [0.2, 0.25) is 0 Å². The number of esters is 1. The summed E-state index contributed by atoms with van der Waals surface area (Å²) in [4.78, 5) is 25.5. The van der Waals surface area contributed by atoms with E-state index in [1.54, 1.807) is 12.1 Å². The predicted molar refractivity (Wildman–Crippen MR) is 97.9 cm³/mol. The molecule has 1 heterocycles. The summed E-state index contributed by atoms with van der Waals surface area (Å²) in [7, 11) is 1.30. The van der Waals surface area contributed by atoms with Gasteiger partial charge in [-0.15, -0.1) is 11.3 Å². The summed E-state index contributed by atoms with van der Waals surface area (Å²) < 4.78 is 34.1. The van der Waals surface area contributed by atoms with Crippen molar-refractivity contribution >= 4 is 33.9 Å². The highest BCUT2D eigenvalue weighted by molar-refractivity contribution is 7.17. The van der Waals surface area contributed by atoms with Crippen molar-refractivity contribution in [2.24, 2.45) is 0 Å². The van der Waals surface area contributed by atoms with Gasteiger partial charge in [0.15, 0.2) is 0 Å². The van der Waals surface area contributed by atoms with Gasteiger partial charge in [-0.2, -0.15) is 8.78 Å². The van der Waals surface area contributed by atoms with Crippen LogP contribution in [0, 0.1) is 0 Å². The molecule has 0 spiro atoms. The predicted octanol–water partition coefficient (Wildman–Crippen LogP) is 3.68. The van der Waals surface area contributed by atoms with Crippen LogP contribution in [0.3, 0.4) is 0 Å². The molecule has 6 nitrogen and oxygen atoms in total. The van der Waals surface area contributed by atoms with Crippen LogP contribution in [0.15, 0.2) is 24.3 Å². The first kappa shape index (κ1) is 19.1. The lowest BCUT2D eigenvalue weighted by molar-refractivity contribution is -0.114. The molecule has 0 saturated carbocycles. The highest BCUT2D eigenvalue weighted by Gasteiger charge is 2.28. The zero-order chi connectivity index (χ0) is 19.4. The number of ether oxygens (including phenoxy) is 2. The van der Waals surface area contributed by atoms with Gasteiger partial charge >= 0.3 is 12.6 Å². The maximum Gasteiger partial charge on any atom is 0.387 e. The van der Waals surface area contributed by atoms with Crippen LogP contribution in [-0.2, 0) is 22.4 Å². The van der Waals surface area contributed by atoms with Crippen molar-refractivity contribution in [2.45, 2.75) is 25.9 Å². The number of halogens is 2. The summed E-state index contributed by atoms with van der Waals surface area (Å²) >= 11 is 1.37. The van der Waals surface area contributed by atoms with Crippen molar-refractivity contribution in [3.8, 4) is 5.75 Å². The molecular weight excluding hydrogens is 378 g/mol. The van der Waals surface area contributed by atoms with E-state index in [0.717, 1.165) is 29.7 Å². The molecule has 0 saturated heterocycles. The van der Waals surface area contributed by atoms with Crippen LogP contribution >= 0.6 is 11.3 Å². The molecule has 1 aromatic heterocycles. The number of amides is 1. The Bertz CT molecular complexity index is 854. The molecule has 0 aliphatic heterocycles. The molecule has 144 valence electrons. The number of rotatable bonds is 7. The van der Waals surface area contributed by atoms with Crippen molar-refractivity contribution in [3.05, 3.63) is 40.3 Å². The fraction of sp³-hybridized carbons (Fsp3) is 0.333. The van der Waals surface area contributed by atoms with E-state index in [1.165, 1.54) is 30.6 Å². The first-order valence-corrected chi connectivity index (χ1v) is 9.11. The molecule has 1 aliphatic carbocycles. The minimum atomic E-state index is -2.96. The molecule has 2 N–H and O–H groups in total. The quantitative estimate of drug-likeness (QED) is 0.699. The van der Waals surface area contributed by atoms with Gasteiger partial charge < -0.3 is 20.1 Å². The van der Waals surface area contributed by atoms with Crippen molar-refractivity contribution in [2.75, 3.05) is 24.3 Å². The molecule has 0 atom stereocenters. The molecule has 1 aliphatic rings. The van der Waals surface area contributed by atoms with E-state index >= 15 is 0 Å². The van der Waals surface area contributed by atoms with Crippen LogP contribution in [0.1, 0.15) is 27.2 Å². The van der Waals surface area contributed by atoms with Gasteiger partial charge in [-0.3, -0.25) is 4.79 Å². The number of fused-ring (bicyclic) bond motifs is 1. The van der Waals surface area contributed by atoms with E-state index in [1.807, 2.05) is 0 Å². The fourth-order valence-electron chi connectivity index (χ4n) is 2.97. The van der Waals surface area contributed by atoms with Crippen molar-refractivity contribution in [1.29, 1.82) is 0 Å². The second-order valence-corrected chi connectivity index (χ2v) is 6.93. The summed E-state index contributed by atoms with van der Waals surface area (Å²) in [5.41, 5.74) is 1.62. The van der Waals surface area contributed by atoms with E-state index in [2.05, 4.69) is 15.4 Å². The number of hydrogen-bond donors (Lipinski definition) is 2. The number of thiophene rings is 1. The average Bonchev–Trinajstić information content (AvgIpc) is 3.20. The number of anilines is 2. The Kier molecular flexibility index (Phi) is 5.90. The number of aryl methyl sites for hydroxylation is 1. The third-order valence-corrected chi connectivity index (χ3v) is 5.31. The number of alkyl halides is 2. The van der Waals surface area contributed by atoms with Crippen molar-refractivity contribution in [1.82, 2.24) is 0 Å². The second-order valence-electron chi connectivity index (χ2n) is 5.83. The Hall–Kier alpha value is -2.68. The van der Waals surface area contributed by atoms with E-state index in [-0.39, 0.29) is 18.0 Å². The summed E-state index contributed by atoms with van der Waals surface area (Å²) in [5, 5.41) is 5.94. The van der Waals surface area contributed by atoms with Gasteiger partial charge in [0.1, 0.15) is 10.8 Å². The number of nitrogens with one attached hydrogen (secondary N) is 2. The highest BCUT2D eigenvalue weighted by atomic mass is 32.1. The lowest BCUT2D eigenvalue weighted by atomic mass is 10.1. The monoisotopic (exact) mass is 396 g/mol. The Morgan fingerprint density at radius 3 is 2.78 bits per heavy atom. The molecule has 3 rings (SSSR count). The van der Waals surface area contributed by atoms with Gasteiger partial charge in [-0.05, 0) is 37.0 Å². The zero-order valence-electron chi connectivity index (χ0n) is 14.5. The maximum absolute atomic E-state index is 12.4. The third kappa shape index (κ3) is 4.36. The van der Waals surface area contributed by atoms with Gasteiger partial charge in [0.2, 0.25) is 5.91 Å². The smallest absolute Gasteiger partial charge is 0.387 e. The topological polar surface area (TPSA) is 76.7 Å². The number of carbonyl (C=O) groups excluding carboxylic acids is 2. The Labute approximate surface area is 158 Å². The minimum absolute atomic E-state index is 0.0503. The largest absolute Gasteiger partial charge is 0.465 e. The molecule has 1 amide bonds. The minimum Gasteiger partial charge on any atom is -0.465 e. The summed E-state index contributed by atoms with van der Waals surface area (Å²) in [6.07, 6.45) is 2.63. The number of carbonyl (C=O) groups is 2. The molecule has 0 bridgehead atoms. The van der Waals surface area contributed by atoms with Crippen LogP contribution in [0.25, 0.3) is 0 Å². The van der Waals surface area contributed by atoms with Gasteiger partial charge in [-0.25, -0.2) is 4.79 Å². The Morgan fingerprint density at radius 2 is 2.04 bits per heavy atom. The number of para-hydroxylation sites is 2.